The van der Waals surface area contributed by atoms with Crippen molar-refractivity contribution in [2.24, 2.45) is 0 Å². The molecule has 0 saturated carbocycles. The molecular weight excluding hydrogens is 412 g/mol. The minimum absolute atomic E-state index is 0.0214. The van der Waals surface area contributed by atoms with E-state index in [1.807, 2.05) is 16.8 Å². The topological polar surface area (TPSA) is 74.8 Å². The lowest BCUT2D eigenvalue weighted by molar-refractivity contribution is 0.0302. The maximum atomic E-state index is 12.6. The second-order valence-corrected chi connectivity index (χ2v) is 8.37. The van der Waals surface area contributed by atoms with Gasteiger partial charge in [-0.2, -0.15) is 11.3 Å². The summed E-state index contributed by atoms with van der Waals surface area (Å²) in [6, 6.07) is 3.67. The molecule has 0 bridgehead atoms. The van der Waals surface area contributed by atoms with Crippen molar-refractivity contribution in [2.75, 3.05) is 44.3 Å². The summed E-state index contributed by atoms with van der Waals surface area (Å²) in [4.78, 5) is 33.2. The summed E-state index contributed by atoms with van der Waals surface area (Å²) in [5.74, 6) is 0.601. The molecule has 154 valence electrons. The van der Waals surface area contributed by atoms with Crippen LogP contribution in [0.2, 0.25) is 5.02 Å². The summed E-state index contributed by atoms with van der Waals surface area (Å²) in [5, 5.41) is 7.33. The van der Waals surface area contributed by atoms with Gasteiger partial charge in [0.25, 0.3) is 11.8 Å². The molecule has 2 aliphatic rings. The number of thiophene rings is 1. The maximum absolute atomic E-state index is 12.6. The van der Waals surface area contributed by atoms with Crippen molar-refractivity contribution in [2.45, 2.75) is 18.9 Å². The Labute approximate surface area is 178 Å². The Balaban J connectivity index is 1.34. The van der Waals surface area contributed by atoms with Crippen molar-refractivity contribution in [1.82, 2.24) is 15.2 Å². The van der Waals surface area contributed by atoms with Gasteiger partial charge >= 0.3 is 0 Å². The van der Waals surface area contributed by atoms with E-state index < -0.39 is 0 Å². The second-order valence-electron chi connectivity index (χ2n) is 7.18. The van der Waals surface area contributed by atoms with E-state index in [0.717, 1.165) is 25.9 Å². The largest absolute Gasteiger partial charge is 0.378 e. The Morgan fingerprint density at radius 1 is 1.17 bits per heavy atom. The molecular formula is C20H23ClN4O3S. The highest BCUT2D eigenvalue weighted by Crippen LogP contribution is 2.27. The average Bonchev–Trinajstić information content (AvgIpc) is 3.30. The quantitative estimate of drug-likeness (QED) is 0.800. The van der Waals surface area contributed by atoms with Crippen molar-refractivity contribution in [3.05, 3.63) is 45.2 Å². The van der Waals surface area contributed by atoms with E-state index in [-0.39, 0.29) is 17.9 Å². The van der Waals surface area contributed by atoms with Crippen LogP contribution in [0.5, 0.6) is 0 Å². The Kier molecular flexibility index (Phi) is 6.32. The molecule has 0 atom stereocenters. The molecule has 2 aromatic rings. The van der Waals surface area contributed by atoms with Gasteiger partial charge in [-0.3, -0.25) is 9.59 Å². The third-order valence-electron chi connectivity index (χ3n) is 5.28. The molecule has 4 rings (SSSR count). The summed E-state index contributed by atoms with van der Waals surface area (Å²) in [7, 11) is 0. The molecule has 2 saturated heterocycles. The Morgan fingerprint density at radius 3 is 2.59 bits per heavy atom. The molecule has 1 N–H and O–H groups in total. The molecule has 0 aromatic carbocycles. The minimum atomic E-state index is -0.0656. The lowest BCUT2D eigenvalue weighted by atomic mass is 10.0. The van der Waals surface area contributed by atoms with Crippen LogP contribution in [0.3, 0.4) is 0 Å². The number of nitrogens with zero attached hydrogens (tertiary/aromatic N) is 3. The highest BCUT2D eigenvalue weighted by molar-refractivity contribution is 7.08. The van der Waals surface area contributed by atoms with Crippen LogP contribution in [-0.2, 0) is 4.74 Å². The fraction of sp³-hybridized carbons (Fsp3) is 0.450. The van der Waals surface area contributed by atoms with Gasteiger partial charge in [0.2, 0.25) is 0 Å². The zero-order chi connectivity index (χ0) is 20.2. The number of nitrogens with one attached hydrogen (secondary N) is 1. The van der Waals surface area contributed by atoms with Crippen LogP contribution in [0.1, 0.15) is 33.6 Å². The van der Waals surface area contributed by atoms with Crippen LogP contribution < -0.4 is 10.2 Å². The number of halogens is 1. The summed E-state index contributed by atoms with van der Waals surface area (Å²) in [5.41, 5.74) is 1.21. The number of carbonyl (C=O) groups excluding carboxylic acids is 2. The molecule has 0 unspecified atom stereocenters. The van der Waals surface area contributed by atoms with Gasteiger partial charge in [0.05, 0.1) is 23.8 Å². The van der Waals surface area contributed by atoms with Gasteiger partial charge in [-0.25, -0.2) is 4.98 Å². The van der Waals surface area contributed by atoms with E-state index >= 15 is 0 Å². The van der Waals surface area contributed by atoms with Gasteiger partial charge in [-0.1, -0.05) is 11.6 Å². The number of amides is 2. The van der Waals surface area contributed by atoms with Crippen LogP contribution in [0, 0.1) is 0 Å². The Bertz CT molecular complexity index is 863. The molecule has 2 fully saturated rings. The lowest BCUT2D eigenvalue weighted by Gasteiger charge is -2.33. The van der Waals surface area contributed by atoms with Crippen LogP contribution in [0.15, 0.2) is 29.1 Å². The Hall–Kier alpha value is -2.16. The fourth-order valence-electron chi connectivity index (χ4n) is 3.63. The standard InChI is InChI=1S/C20H23ClN4O3S/c21-17-11-15(20(27)25-6-8-28-9-7-25)12-22-18(17)24-4-1-16(2-5-24)23-19(26)14-3-10-29-13-14/h3,10-13,16H,1-2,4-9H2,(H,23,26). The van der Waals surface area contributed by atoms with Crippen molar-refractivity contribution < 1.29 is 14.3 Å². The van der Waals surface area contributed by atoms with Gasteiger partial charge in [0, 0.05) is 49.4 Å². The lowest BCUT2D eigenvalue weighted by Crippen LogP contribution is -2.45. The van der Waals surface area contributed by atoms with Crippen LogP contribution in [0.4, 0.5) is 5.82 Å². The fourth-order valence-corrected chi connectivity index (χ4v) is 4.55. The van der Waals surface area contributed by atoms with Gasteiger partial charge in [-0.15, -0.1) is 0 Å². The number of ether oxygens (including phenoxy) is 1. The maximum Gasteiger partial charge on any atom is 0.255 e. The van der Waals surface area contributed by atoms with Crippen LogP contribution >= 0.6 is 22.9 Å². The number of carbonyl (C=O) groups is 2. The number of pyridine rings is 1. The molecule has 7 nitrogen and oxygen atoms in total. The number of hydrogen-bond donors (Lipinski definition) is 1. The van der Waals surface area contributed by atoms with Crippen LogP contribution in [0.25, 0.3) is 0 Å². The first-order chi connectivity index (χ1) is 14.1. The highest BCUT2D eigenvalue weighted by Gasteiger charge is 2.25. The molecule has 0 spiro atoms. The predicted molar refractivity (Wildman–Crippen MR) is 113 cm³/mol. The zero-order valence-corrected chi connectivity index (χ0v) is 17.5. The predicted octanol–water partition coefficient (Wildman–Crippen LogP) is 2.67. The number of aromatic nitrogens is 1. The van der Waals surface area contributed by atoms with Crippen molar-refractivity contribution >= 4 is 40.6 Å². The van der Waals surface area contributed by atoms with E-state index in [4.69, 9.17) is 16.3 Å². The van der Waals surface area contributed by atoms with E-state index in [9.17, 15) is 9.59 Å². The molecule has 9 heteroatoms. The molecule has 2 aromatic heterocycles. The van der Waals surface area contributed by atoms with Crippen molar-refractivity contribution in [1.29, 1.82) is 0 Å². The first-order valence-corrected chi connectivity index (χ1v) is 11.0. The zero-order valence-electron chi connectivity index (χ0n) is 16.0. The first kappa shape index (κ1) is 20.1. The molecule has 0 aliphatic carbocycles. The summed E-state index contributed by atoms with van der Waals surface area (Å²) >= 11 is 7.98. The minimum Gasteiger partial charge on any atom is -0.378 e. The van der Waals surface area contributed by atoms with Gasteiger partial charge in [0.1, 0.15) is 5.82 Å². The second kappa shape index (κ2) is 9.11. The number of anilines is 1. The molecule has 0 radical (unpaired) electrons. The Morgan fingerprint density at radius 2 is 1.93 bits per heavy atom. The normalized spacial score (nSPS) is 18.0. The number of piperidine rings is 1. The smallest absolute Gasteiger partial charge is 0.255 e. The van der Waals surface area contributed by atoms with E-state index in [1.54, 1.807) is 17.2 Å². The summed E-state index contributed by atoms with van der Waals surface area (Å²) < 4.78 is 5.29. The average molecular weight is 435 g/mol. The highest BCUT2D eigenvalue weighted by atomic mass is 35.5. The number of rotatable bonds is 4. The molecule has 29 heavy (non-hydrogen) atoms. The first-order valence-electron chi connectivity index (χ1n) is 9.72. The number of hydrogen-bond acceptors (Lipinski definition) is 6. The van der Waals surface area contributed by atoms with E-state index in [1.165, 1.54) is 11.3 Å². The van der Waals surface area contributed by atoms with Crippen molar-refractivity contribution in [3.8, 4) is 0 Å². The van der Waals surface area contributed by atoms with Crippen molar-refractivity contribution in [3.63, 3.8) is 0 Å². The third-order valence-corrected chi connectivity index (χ3v) is 6.24. The van der Waals surface area contributed by atoms with Crippen LogP contribution in [-0.4, -0.2) is 67.1 Å². The third kappa shape index (κ3) is 4.71. The van der Waals surface area contributed by atoms with E-state index in [2.05, 4.69) is 15.2 Å². The summed E-state index contributed by atoms with van der Waals surface area (Å²) in [6.45, 7) is 3.79. The van der Waals surface area contributed by atoms with Gasteiger partial charge < -0.3 is 19.9 Å². The molecule has 4 heterocycles. The SMILES string of the molecule is O=C(NC1CCN(c2ncc(C(=O)N3CCOCC3)cc2Cl)CC1)c1ccsc1. The van der Waals surface area contributed by atoms with Gasteiger partial charge in [0.15, 0.2) is 0 Å². The molecule has 2 amide bonds. The van der Waals surface area contributed by atoms with Gasteiger partial charge in [-0.05, 0) is 30.4 Å². The molecule has 2 aliphatic heterocycles. The van der Waals surface area contributed by atoms with E-state index in [0.29, 0.717) is 48.3 Å². The number of morpholine rings is 1. The monoisotopic (exact) mass is 434 g/mol. The summed E-state index contributed by atoms with van der Waals surface area (Å²) in [6.07, 6.45) is 3.24.